The number of nitrogens with zero attached hydrogens (tertiary/aromatic N) is 3. The average Bonchev–Trinajstić information content (AvgIpc) is 2.70. The van der Waals surface area contributed by atoms with Gasteiger partial charge in [-0.15, -0.1) is 0 Å². The highest BCUT2D eigenvalue weighted by Gasteiger charge is 2.32. The van der Waals surface area contributed by atoms with E-state index in [1.54, 1.807) is 0 Å². The molecule has 2 aromatic rings. The van der Waals surface area contributed by atoms with Crippen LogP contribution in [-0.2, 0) is 13.2 Å². The molecule has 2 heterocycles. The van der Waals surface area contributed by atoms with Crippen molar-refractivity contribution in [1.29, 1.82) is 0 Å². The zero-order chi connectivity index (χ0) is 14.2. The molecule has 0 amide bonds. The van der Waals surface area contributed by atoms with E-state index in [0.29, 0.717) is 5.56 Å². The Morgan fingerprint density at radius 2 is 2.05 bits per heavy atom. The number of carboxylic acid groups (broad SMARTS) is 1. The van der Waals surface area contributed by atoms with Crippen molar-refractivity contribution >= 4 is 5.97 Å². The molecule has 0 aromatic carbocycles. The minimum Gasteiger partial charge on any atom is -0.477 e. The molecule has 0 bridgehead atoms. The summed E-state index contributed by atoms with van der Waals surface area (Å²) in [6, 6.07) is 3.29. The highest BCUT2D eigenvalue weighted by atomic mass is 19.4. The van der Waals surface area contributed by atoms with E-state index < -0.39 is 17.8 Å². The molecule has 0 fully saturated rings. The normalized spacial score (nSPS) is 11.6. The first-order chi connectivity index (χ1) is 8.79. The fraction of sp³-hybridized carbons (Fsp3) is 0.182. The lowest BCUT2D eigenvalue weighted by Gasteiger charge is -2.05. The highest BCUT2D eigenvalue weighted by Crippen LogP contribution is 2.28. The second kappa shape index (κ2) is 4.38. The lowest BCUT2D eigenvalue weighted by molar-refractivity contribution is -0.141. The van der Waals surface area contributed by atoms with Crippen LogP contribution < -0.4 is 0 Å². The summed E-state index contributed by atoms with van der Waals surface area (Å²) in [6.45, 7) is 0. The number of aromatic nitrogens is 3. The van der Waals surface area contributed by atoms with Gasteiger partial charge in [-0.25, -0.2) is 4.79 Å². The quantitative estimate of drug-likeness (QED) is 0.909. The van der Waals surface area contributed by atoms with Crippen molar-refractivity contribution in [1.82, 2.24) is 14.8 Å². The molecular weight excluding hydrogens is 263 g/mol. The summed E-state index contributed by atoms with van der Waals surface area (Å²) in [5.41, 5.74) is -0.502. The molecule has 0 radical (unpaired) electrons. The number of aryl methyl sites for hydroxylation is 1. The van der Waals surface area contributed by atoms with Crippen molar-refractivity contribution in [3.05, 3.63) is 35.8 Å². The van der Waals surface area contributed by atoms with Gasteiger partial charge >= 0.3 is 12.1 Å². The third kappa shape index (κ3) is 2.56. The Balaban J connectivity index is 2.38. The molecule has 0 aliphatic rings. The fourth-order valence-corrected chi connectivity index (χ4v) is 1.52. The number of carbonyl (C=O) groups is 1. The van der Waals surface area contributed by atoms with Crippen molar-refractivity contribution in [2.75, 3.05) is 0 Å². The maximum atomic E-state index is 12.3. The van der Waals surface area contributed by atoms with Gasteiger partial charge in [0.05, 0.1) is 5.69 Å². The first kappa shape index (κ1) is 13.1. The van der Waals surface area contributed by atoms with Gasteiger partial charge in [0.1, 0.15) is 11.4 Å². The monoisotopic (exact) mass is 271 g/mol. The van der Waals surface area contributed by atoms with Crippen LogP contribution >= 0.6 is 0 Å². The number of alkyl halides is 3. The van der Waals surface area contributed by atoms with Gasteiger partial charge in [-0.3, -0.25) is 9.67 Å². The minimum atomic E-state index is -4.51. The van der Waals surface area contributed by atoms with E-state index in [1.807, 2.05) is 0 Å². The molecule has 2 rings (SSSR count). The largest absolute Gasteiger partial charge is 0.477 e. The maximum absolute atomic E-state index is 12.3. The molecule has 0 aliphatic carbocycles. The highest BCUT2D eigenvalue weighted by molar-refractivity contribution is 5.87. The van der Waals surface area contributed by atoms with Crippen LogP contribution in [0.1, 0.15) is 16.2 Å². The van der Waals surface area contributed by atoms with Crippen molar-refractivity contribution in [3.63, 3.8) is 0 Å². The first-order valence-corrected chi connectivity index (χ1v) is 5.10. The van der Waals surface area contributed by atoms with Crippen LogP contribution in [0.25, 0.3) is 11.3 Å². The van der Waals surface area contributed by atoms with Crippen LogP contribution in [0.3, 0.4) is 0 Å². The lowest BCUT2D eigenvalue weighted by atomic mass is 10.2. The summed E-state index contributed by atoms with van der Waals surface area (Å²) < 4.78 is 38.1. The predicted molar refractivity (Wildman–Crippen MR) is 58.4 cm³/mol. The van der Waals surface area contributed by atoms with Gasteiger partial charge in [-0.05, 0) is 18.2 Å². The molecule has 2 aromatic heterocycles. The maximum Gasteiger partial charge on any atom is 0.433 e. The summed E-state index contributed by atoms with van der Waals surface area (Å²) in [5.74, 6) is -1.17. The van der Waals surface area contributed by atoms with Crippen LogP contribution in [-0.4, -0.2) is 25.8 Å². The van der Waals surface area contributed by atoms with Gasteiger partial charge < -0.3 is 5.11 Å². The molecule has 100 valence electrons. The predicted octanol–water partition coefficient (Wildman–Crippen LogP) is 2.20. The van der Waals surface area contributed by atoms with Gasteiger partial charge in [0.15, 0.2) is 0 Å². The van der Waals surface area contributed by atoms with Crippen molar-refractivity contribution in [2.45, 2.75) is 6.18 Å². The van der Waals surface area contributed by atoms with Gasteiger partial charge in [-0.2, -0.15) is 18.3 Å². The van der Waals surface area contributed by atoms with Gasteiger partial charge in [0.25, 0.3) is 0 Å². The molecule has 5 nitrogen and oxygen atoms in total. The second-order valence-corrected chi connectivity index (χ2v) is 3.77. The van der Waals surface area contributed by atoms with E-state index in [2.05, 4.69) is 10.1 Å². The Bertz CT molecular complexity index is 617. The third-order valence-electron chi connectivity index (χ3n) is 2.45. The van der Waals surface area contributed by atoms with E-state index in [9.17, 15) is 18.0 Å². The summed E-state index contributed by atoms with van der Waals surface area (Å²) in [6.07, 6.45) is -3.49. The number of hydrogen-bond acceptors (Lipinski definition) is 3. The molecule has 8 heteroatoms. The van der Waals surface area contributed by atoms with Crippen LogP contribution in [0, 0.1) is 0 Å². The number of pyridine rings is 1. The summed E-state index contributed by atoms with van der Waals surface area (Å²) in [7, 11) is 1.43. The standard InChI is InChI=1S/C11H8F3N3O2/c1-17-8(10(18)19)4-7(16-17)6-2-3-9(15-5-6)11(12,13)14/h2-5H,1H3,(H,18,19). The Kier molecular flexibility index (Phi) is 3.01. The number of hydrogen-bond donors (Lipinski definition) is 1. The van der Waals surface area contributed by atoms with Gasteiger partial charge in [-0.1, -0.05) is 0 Å². The Morgan fingerprint density at radius 1 is 1.37 bits per heavy atom. The van der Waals surface area contributed by atoms with Gasteiger partial charge in [0, 0.05) is 18.8 Å². The van der Waals surface area contributed by atoms with Crippen LogP contribution in [0.4, 0.5) is 13.2 Å². The SMILES string of the molecule is Cn1nc(-c2ccc(C(F)(F)F)nc2)cc1C(=O)O. The van der Waals surface area contributed by atoms with E-state index in [4.69, 9.17) is 5.11 Å². The Labute approximate surface area is 105 Å². The molecule has 1 N–H and O–H groups in total. The number of carboxylic acids is 1. The second-order valence-electron chi connectivity index (χ2n) is 3.77. The van der Waals surface area contributed by atoms with Crippen molar-refractivity contribution in [3.8, 4) is 11.3 Å². The van der Waals surface area contributed by atoms with Crippen LogP contribution in [0.15, 0.2) is 24.4 Å². The Morgan fingerprint density at radius 3 is 2.47 bits per heavy atom. The molecule has 0 saturated carbocycles. The van der Waals surface area contributed by atoms with Crippen LogP contribution in [0.5, 0.6) is 0 Å². The Hall–Kier alpha value is -2.38. The number of halogens is 3. The van der Waals surface area contributed by atoms with E-state index in [1.165, 1.54) is 19.2 Å². The smallest absolute Gasteiger partial charge is 0.433 e. The fourth-order valence-electron chi connectivity index (χ4n) is 1.52. The number of aromatic carboxylic acids is 1. The van der Waals surface area contributed by atoms with Crippen LogP contribution in [0.2, 0.25) is 0 Å². The molecule has 0 atom stereocenters. The van der Waals surface area contributed by atoms with Crippen molar-refractivity contribution < 1.29 is 23.1 Å². The topological polar surface area (TPSA) is 68.0 Å². The molecule has 19 heavy (non-hydrogen) atoms. The summed E-state index contributed by atoms with van der Waals surface area (Å²) in [5, 5.41) is 12.8. The van der Waals surface area contributed by atoms with E-state index >= 15 is 0 Å². The molecular formula is C11H8F3N3O2. The molecule has 0 saturated heterocycles. The van der Waals surface area contributed by atoms with E-state index in [0.717, 1.165) is 16.9 Å². The zero-order valence-corrected chi connectivity index (χ0v) is 9.64. The number of rotatable bonds is 2. The van der Waals surface area contributed by atoms with E-state index in [-0.39, 0.29) is 11.4 Å². The lowest BCUT2D eigenvalue weighted by Crippen LogP contribution is -2.07. The minimum absolute atomic E-state index is 0.0603. The average molecular weight is 271 g/mol. The molecule has 0 unspecified atom stereocenters. The molecule has 0 spiro atoms. The first-order valence-electron chi connectivity index (χ1n) is 5.10. The summed E-state index contributed by atoms with van der Waals surface area (Å²) >= 11 is 0. The summed E-state index contributed by atoms with van der Waals surface area (Å²) in [4.78, 5) is 14.1. The third-order valence-corrected chi connectivity index (χ3v) is 2.45. The van der Waals surface area contributed by atoms with Gasteiger partial charge in [0.2, 0.25) is 0 Å². The zero-order valence-electron chi connectivity index (χ0n) is 9.64. The molecule has 0 aliphatic heterocycles. The van der Waals surface area contributed by atoms with Crippen molar-refractivity contribution in [2.24, 2.45) is 7.05 Å².